The smallest absolute Gasteiger partial charge is 0.337 e. The lowest BCUT2D eigenvalue weighted by Crippen LogP contribution is -2.37. The van der Waals surface area contributed by atoms with Crippen molar-refractivity contribution < 1.29 is 14.3 Å². The number of methoxy groups -OCH3 is 2. The van der Waals surface area contributed by atoms with Gasteiger partial charge in [-0.15, -0.1) is 0 Å². The van der Waals surface area contributed by atoms with Crippen LogP contribution in [-0.2, 0) is 9.47 Å². The lowest BCUT2D eigenvalue weighted by Gasteiger charge is -2.31. The Hall–Kier alpha value is -1.55. The molecule has 0 spiro atoms. The zero-order valence-electron chi connectivity index (χ0n) is 11.5. The molecule has 1 N–H and O–H groups in total. The quantitative estimate of drug-likeness (QED) is 0.849. The van der Waals surface area contributed by atoms with Crippen LogP contribution in [0, 0.1) is 0 Å². The van der Waals surface area contributed by atoms with Gasteiger partial charge >= 0.3 is 5.97 Å². The molecule has 0 heterocycles. The van der Waals surface area contributed by atoms with Crippen LogP contribution in [0.3, 0.4) is 0 Å². The summed E-state index contributed by atoms with van der Waals surface area (Å²) in [5.74, 6) is -0.306. The highest BCUT2D eigenvalue weighted by Crippen LogP contribution is 2.24. The fraction of sp³-hybridized carbons (Fsp3) is 0.533. The van der Waals surface area contributed by atoms with Crippen molar-refractivity contribution in [3.05, 3.63) is 29.8 Å². The van der Waals surface area contributed by atoms with Crippen molar-refractivity contribution in [3.8, 4) is 0 Å². The summed E-state index contributed by atoms with van der Waals surface area (Å²) in [5.41, 5.74) is 1.58. The number of esters is 1. The molecule has 104 valence electrons. The van der Waals surface area contributed by atoms with Crippen molar-refractivity contribution in [2.45, 2.75) is 37.8 Å². The minimum atomic E-state index is -0.306. The average molecular weight is 263 g/mol. The Morgan fingerprint density at radius 1 is 1.16 bits per heavy atom. The molecule has 1 aromatic carbocycles. The maximum absolute atomic E-state index is 11.4. The molecule has 0 saturated heterocycles. The first-order valence-corrected chi connectivity index (χ1v) is 6.72. The molecule has 0 amide bonds. The summed E-state index contributed by atoms with van der Waals surface area (Å²) < 4.78 is 10.2. The molecule has 1 aliphatic rings. The monoisotopic (exact) mass is 263 g/mol. The average Bonchev–Trinajstić information content (AvgIpc) is 2.48. The van der Waals surface area contributed by atoms with Gasteiger partial charge < -0.3 is 14.8 Å². The van der Waals surface area contributed by atoms with Gasteiger partial charge in [0.2, 0.25) is 0 Å². The maximum Gasteiger partial charge on any atom is 0.337 e. The Balaban J connectivity index is 2.00. The number of nitrogens with one attached hydrogen (secondary N) is 1. The van der Waals surface area contributed by atoms with E-state index in [1.807, 2.05) is 12.1 Å². The maximum atomic E-state index is 11.4. The third-order valence-electron chi connectivity index (χ3n) is 3.66. The Bertz CT molecular complexity index is 416. The van der Waals surface area contributed by atoms with Crippen LogP contribution in [-0.4, -0.2) is 32.3 Å². The molecule has 4 nitrogen and oxygen atoms in total. The van der Waals surface area contributed by atoms with E-state index < -0.39 is 0 Å². The van der Waals surface area contributed by atoms with Gasteiger partial charge in [0.05, 0.1) is 24.8 Å². The number of rotatable bonds is 4. The van der Waals surface area contributed by atoms with Crippen molar-refractivity contribution in [1.82, 2.24) is 0 Å². The van der Waals surface area contributed by atoms with E-state index in [2.05, 4.69) is 10.1 Å². The van der Waals surface area contributed by atoms with Crippen molar-refractivity contribution in [2.24, 2.45) is 0 Å². The van der Waals surface area contributed by atoms with Gasteiger partial charge in [-0.05, 0) is 37.1 Å². The van der Waals surface area contributed by atoms with Gasteiger partial charge in [-0.25, -0.2) is 4.79 Å². The van der Waals surface area contributed by atoms with Crippen LogP contribution in [0.2, 0.25) is 0 Å². The van der Waals surface area contributed by atoms with Crippen LogP contribution in [0.4, 0.5) is 5.69 Å². The van der Waals surface area contributed by atoms with Crippen molar-refractivity contribution >= 4 is 11.7 Å². The van der Waals surface area contributed by atoms with Crippen LogP contribution >= 0.6 is 0 Å². The van der Waals surface area contributed by atoms with Crippen LogP contribution in [0.25, 0.3) is 0 Å². The largest absolute Gasteiger partial charge is 0.465 e. The first kappa shape index (κ1) is 13.9. The Labute approximate surface area is 114 Å². The Kier molecular flexibility index (Phi) is 4.80. The lowest BCUT2D eigenvalue weighted by molar-refractivity contribution is 0.0598. The second kappa shape index (κ2) is 6.57. The highest BCUT2D eigenvalue weighted by atomic mass is 16.5. The number of ether oxygens (including phenoxy) is 2. The number of anilines is 1. The summed E-state index contributed by atoms with van der Waals surface area (Å²) in [5, 5.41) is 3.49. The van der Waals surface area contributed by atoms with E-state index in [4.69, 9.17) is 4.74 Å². The van der Waals surface area contributed by atoms with E-state index in [9.17, 15) is 4.79 Å². The van der Waals surface area contributed by atoms with Gasteiger partial charge in [0.25, 0.3) is 0 Å². The highest BCUT2D eigenvalue weighted by molar-refractivity contribution is 5.89. The van der Waals surface area contributed by atoms with Crippen molar-refractivity contribution in [1.29, 1.82) is 0 Å². The second-order valence-corrected chi connectivity index (χ2v) is 4.88. The number of hydrogen-bond donors (Lipinski definition) is 1. The van der Waals surface area contributed by atoms with Gasteiger partial charge in [0.1, 0.15) is 0 Å². The Morgan fingerprint density at radius 2 is 1.84 bits per heavy atom. The molecule has 1 saturated carbocycles. The molecule has 4 heteroatoms. The van der Waals surface area contributed by atoms with E-state index in [0.29, 0.717) is 11.6 Å². The topological polar surface area (TPSA) is 47.6 Å². The molecule has 19 heavy (non-hydrogen) atoms. The van der Waals surface area contributed by atoms with Crippen LogP contribution in [0.5, 0.6) is 0 Å². The molecule has 2 unspecified atom stereocenters. The summed E-state index contributed by atoms with van der Waals surface area (Å²) in [6.45, 7) is 0. The highest BCUT2D eigenvalue weighted by Gasteiger charge is 2.24. The Morgan fingerprint density at radius 3 is 2.47 bits per heavy atom. The van der Waals surface area contributed by atoms with Crippen LogP contribution < -0.4 is 5.32 Å². The van der Waals surface area contributed by atoms with Gasteiger partial charge in [0, 0.05) is 12.8 Å². The molecule has 2 atom stereocenters. The molecular formula is C15H21NO3. The summed E-state index contributed by atoms with van der Waals surface area (Å²) in [4.78, 5) is 11.4. The second-order valence-electron chi connectivity index (χ2n) is 4.88. The molecule has 1 fully saturated rings. The molecule has 0 aliphatic heterocycles. The minimum Gasteiger partial charge on any atom is -0.465 e. The molecule has 0 bridgehead atoms. The summed E-state index contributed by atoms with van der Waals surface area (Å²) in [6, 6.07) is 7.72. The minimum absolute atomic E-state index is 0.272. The zero-order valence-corrected chi connectivity index (χ0v) is 11.5. The van der Waals surface area contributed by atoms with Crippen molar-refractivity contribution in [3.63, 3.8) is 0 Å². The molecule has 0 radical (unpaired) electrons. The number of benzene rings is 1. The first-order chi connectivity index (χ1) is 9.24. The van der Waals surface area contributed by atoms with E-state index in [0.717, 1.165) is 18.5 Å². The molecular weight excluding hydrogens is 242 g/mol. The predicted molar refractivity (Wildman–Crippen MR) is 74.5 cm³/mol. The van der Waals surface area contributed by atoms with Crippen LogP contribution in [0.15, 0.2) is 24.3 Å². The fourth-order valence-electron chi connectivity index (χ4n) is 2.58. The van der Waals surface area contributed by atoms with Crippen LogP contribution in [0.1, 0.15) is 36.0 Å². The zero-order chi connectivity index (χ0) is 13.7. The van der Waals surface area contributed by atoms with Gasteiger partial charge in [-0.1, -0.05) is 12.8 Å². The number of hydrogen-bond acceptors (Lipinski definition) is 4. The number of carbonyl (C=O) groups excluding carboxylic acids is 1. The SMILES string of the molecule is COC(=O)c1ccc(NC2CCCCC2OC)cc1. The molecule has 1 aromatic rings. The summed E-state index contributed by atoms with van der Waals surface area (Å²) in [6.07, 6.45) is 4.97. The van der Waals surface area contributed by atoms with Gasteiger partial charge in [0.15, 0.2) is 0 Å². The van der Waals surface area contributed by atoms with E-state index in [1.165, 1.54) is 20.0 Å². The van der Waals surface area contributed by atoms with E-state index in [1.54, 1.807) is 19.2 Å². The van der Waals surface area contributed by atoms with Gasteiger partial charge in [-0.2, -0.15) is 0 Å². The lowest BCUT2D eigenvalue weighted by atomic mass is 9.92. The normalized spacial score (nSPS) is 22.8. The fourth-order valence-corrected chi connectivity index (χ4v) is 2.58. The molecule has 2 rings (SSSR count). The third kappa shape index (κ3) is 3.47. The predicted octanol–water partition coefficient (Wildman–Crippen LogP) is 2.84. The number of carbonyl (C=O) groups is 1. The summed E-state index contributed by atoms with van der Waals surface area (Å²) >= 11 is 0. The first-order valence-electron chi connectivity index (χ1n) is 6.72. The van der Waals surface area contributed by atoms with Crippen molar-refractivity contribution in [2.75, 3.05) is 19.5 Å². The standard InChI is InChI=1S/C15H21NO3/c1-18-14-6-4-3-5-13(14)16-12-9-7-11(8-10-12)15(17)19-2/h7-10,13-14,16H,3-6H2,1-2H3. The summed E-state index contributed by atoms with van der Waals surface area (Å²) in [7, 11) is 3.16. The van der Waals surface area contributed by atoms with Gasteiger partial charge in [-0.3, -0.25) is 0 Å². The third-order valence-corrected chi connectivity index (χ3v) is 3.66. The molecule has 0 aromatic heterocycles. The van der Waals surface area contributed by atoms with E-state index >= 15 is 0 Å². The van der Waals surface area contributed by atoms with E-state index in [-0.39, 0.29) is 12.1 Å². The molecule has 1 aliphatic carbocycles.